The number of ether oxygens (including phenoxy) is 1. The highest BCUT2D eigenvalue weighted by molar-refractivity contribution is 6.14. The lowest BCUT2D eigenvalue weighted by molar-refractivity contribution is -0.169. The molecular weight excluding hydrogens is 546 g/mol. The minimum absolute atomic E-state index is 0.0334. The summed E-state index contributed by atoms with van der Waals surface area (Å²) in [4.78, 5) is 73.3. The first-order valence-corrected chi connectivity index (χ1v) is 14.2. The second-order valence-electron chi connectivity index (χ2n) is 11.1. The van der Waals surface area contributed by atoms with Gasteiger partial charge in [-0.15, -0.1) is 0 Å². The summed E-state index contributed by atoms with van der Waals surface area (Å²) in [6, 6.07) is 27.0. The Balaban J connectivity index is 1.51. The van der Waals surface area contributed by atoms with Crippen LogP contribution in [0, 0.1) is 11.8 Å². The number of carbonyl (C=O) groups excluding carboxylic acids is 5. The van der Waals surface area contributed by atoms with E-state index < -0.39 is 53.7 Å². The molecule has 0 bridgehead atoms. The van der Waals surface area contributed by atoms with Crippen LogP contribution in [0.5, 0.6) is 0 Å². The quantitative estimate of drug-likeness (QED) is 0.301. The summed E-state index contributed by atoms with van der Waals surface area (Å²) in [5, 5.41) is 0. The van der Waals surface area contributed by atoms with Gasteiger partial charge in [0.1, 0.15) is 18.6 Å². The molecule has 218 valence electrons. The van der Waals surface area contributed by atoms with E-state index >= 15 is 0 Å². The van der Waals surface area contributed by atoms with E-state index in [1.807, 2.05) is 91.0 Å². The number of methoxy groups -OCH3 is 1. The van der Waals surface area contributed by atoms with Gasteiger partial charge in [0.2, 0.25) is 17.7 Å². The number of nitrogens with zero attached hydrogens (tertiary/aromatic N) is 3. The Kier molecular flexibility index (Phi) is 7.39. The van der Waals surface area contributed by atoms with Gasteiger partial charge in [-0.3, -0.25) is 28.9 Å². The van der Waals surface area contributed by atoms with Crippen LogP contribution in [0.1, 0.15) is 16.7 Å². The van der Waals surface area contributed by atoms with Crippen LogP contribution >= 0.6 is 0 Å². The molecule has 3 saturated heterocycles. The predicted molar refractivity (Wildman–Crippen MR) is 157 cm³/mol. The lowest BCUT2D eigenvalue weighted by Crippen LogP contribution is -2.70. The normalized spacial score (nSPS) is 25.0. The van der Waals surface area contributed by atoms with E-state index in [0.29, 0.717) is 0 Å². The second kappa shape index (κ2) is 11.3. The maximum atomic E-state index is 14.8. The van der Waals surface area contributed by atoms with E-state index in [1.165, 1.54) is 16.9 Å². The molecule has 3 aliphatic heterocycles. The fourth-order valence-corrected chi connectivity index (χ4v) is 6.82. The van der Waals surface area contributed by atoms with E-state index in [4.69, 9.17) is 4.74 Å². The predicted octanol–water partition coefficient (Wildman–Crippen LogP) is 2.71. The number of carbonyl (C=O) groups is 5. The summed E-state index contributed by atoms with van der Waals surface area (Å²) in [5.41, 5.74) is 0.736. The number of amides is 4. The molecule has 9 heteroatoms. The van der Waals surface area contributed by atoms with E-state index in [2.05, 4.69) is 0 Å². The van der Waals surface area contributed by atoms with Crippen LogP contribution in [0.25, 0.3) is 6.08 Å². The molecule has 3 aliphatic rings. The van der Waals surface area contributed by atoms with Crippen LogP contribution < -0.4 is 0 Å². The smallest absolute Gasteiger partial charge is 0.325 e. The number of fused-ring (bicyclic) bond motifs is 3. The average molecular weight is 578 g/mol. The molecule has 3 aromatic carbocycles. The summed E-state index contributed by atoms with van der Waals surface area (Å²) < 4.78 is 4.77. The van der Waals surface area contributed by atoms with Gasteiger partial charge in [0.25, 0.3) is 5.91 Å². The van der Waals surface area contributed by atoms with E-state index in [1.54, 1.807) is 12.2 Å². The average Bonchev–Trinajstić information content (AvgIpc) is 3.46. The van der Waals surface area contributed by atoms with Crippen LogP contribution in [0.15, 0.2) is 97.1 Å². The maximum Gasteiger partial charge on any atom is 0.325 e. The summed E-state index contributed by atoms with van der Waals surface area (Å²) >= 11 is 0. The summed E-state index contributed by atoms with van der Waals surface area (Å²) in [6.07, 6.45) is 3.57. The Morgan fingerprint density at radius 1 is 0.860 bits per heavy atom. The number of piperazine rings is 1. The maximum absolute atomic E-state index is 14.8. The molecule has 0 aromatic heterocycles. The fourth-order valence-electron chi connectivity index (χ4n) is 6.82. The monoisotopic (exact) mass is 577 g/mol. The van der Waals surface area contributed by atoms with Crippen molar-refractivity contribution in [3.05, 3.63) is 114 Å². The highest BCUT2D eigenvalue weighted by atomic mass is 16.5. The molecule has 0 saturated carbocycles. The summed E-state index contributed by atoms with van der Waals surface area (Å²) in [6.45, 7) is -0.576. The van der Waals surface area contributed by atoms with Crippen LogP contribution in [-0.2, 0) is 41.7 Å². The lowest BCUT2D eigenvalue weighted by atomic mass is 9.74. The van der Waals surface area contributed by atoms with Gasteiger partial charge in [-0.25, -0.2) is 0 Å². The molecule has 0 aliphatic carbocycles. The van der Waals surface area contributed by atoms with Crippen molar-refractivity contribution in [2.24, 2.45) is 11.8 Å². The molecule has 3 aromatic rings. The SMILES string of the molecule is COC(=O)CN1C(=O)C2C(C=Cc3ccccc3)N3C(=O)CN(Cc4ccccc4)C(=O)[C@@]3(Cc3ccccc3)C2C1=O. The third kappa shape index (κ3) is 4.80. The molecular formula is C34H31N3O6. The molecule has 6 rings (SSSR count). The number of hydrogen-bond acceptors (Lipinski definition) is 6. The molecule has 4 atom stereocenters. The van der Waals surface area contributed by atoms with Gasteiger partial charge in [-0.1, -0.05) is 103 Å². The zero-order valence-corrected chi connectivity index (χ0v) is 23.7. The van der Waals surface area contributed by atoms with Crippen LogP contribution in [0.3, 0.4) is 0 Å². The zero-order chi connectivity index (χ0) is 30.1. The fraction of sp³-hybridized carbons (Fsp3) is 0.265. The highest BCUT2D eigenvalue weighted by Gasteiger charge is 2.74. The second-order valence-corrected chi connectivity index (χ2v) is 11.1. The Labute approximate surface area is 249 Å². The van der Waals surface area contributed by atoms with Crippen molar-refractivity contribution in [2.75, 3.05) is 20.2 Å². The number of esters is 1. The number of hydrogen-bond donors (Lipinski definition) is 0. The van der Waals surface area contributed by atoms with Gasteiger partial charge >= 0.3 is 5.97 Å². The van der Waals surface area contributed by atoms with Crippen molar-refractivity contribution in [1.82, 2.24) is 14.7 Å². The molecule has 3 fully saturated rings. The van der Waals surface area contributed by atoms with E-state index in [9.17, 15) is 24.0 Å². The van der Waals surface area contributed by atoms with Crippen molar-refractivity contribution in [3.8, 4) is 0 Å². The van der Waals surface area contributed by atoms with Gasteiger partial charge < -0.3 is 14.5 Å². The minimum Gasteiger partial charge on any atom is -0.468 e. The topological polar surface area (TPSA) is 104 Å². The van der Waals surface area contributed by atoms with E-state index in [-0.39, 0.29) is 25.4 Å². The molecule has 43 heavy (non-hydrogen) atoms. The molecule has 4 amide bonds. The Bertz CT molecular complexity index is 1590. The molecule has 9 nitrogen and oxygen atoms in total. The first-order chi connectivity index (χ1) is 20.8. The summed E-state index contributed by atoms with van der Waals surface area (Å²) in [7, 11) is 1.18. The van der Waals surface area contributed by atoms with Gasteiger partial charge in [-0.05, 0) is 16.7 Å². The number of likely N-dealkylation sites (tertiary alicyclic amines) is 1. The first kappa shape index (κ1) is 28.1. The minimum atomic E-state index is -1.68. The van der Waals surface area contributed by atoms with Crippen LogP contribution in [0.2, 0.25) is 0 Å². The molecule has 0 radical (unpaired) electrons. The van der Waals surface area contributed by atoms with Crippen LogP contribution in [0.4, 0.5) is 0 Å². The standard InChI is InChI=1S/C34H31N3O6/c1-43-28(39)22-36-31(40)29-26(18-17-23-11-5-2-6-12-23)37-27(38)21-35(20-25-15-9-4-10-16-25)33(42)34(37,30(29)32(36)41)19-24-13-7-3-8-14-24/h2-18,26,29-30H,19-22H2,1H3/t26?,29?,30?,34-/m1/s1. The van der Waals surface area contributed by atoms with Gasteiger partial charge in [0.05, 0.1) is 25.0 Å². The van der Waals surface area contributed by atoms with Crippen molar-refractivity contribution >= 4 is 35.7 Å². The first-order valence-electron chi connectivity index (χ1n) is 14.2. The number of imide groups is 1. The number of rotatable bonds is 8. The molecule has 0 N–H and O–H groups in total. The van der Waals surface area contributed by atoms with Gasteiger partial charge in [-0.2, -0.15) is 0 Å². The molecule has 0 spiro atoms. The van der Waals surface area contributed by atoms with Crippen molar-refractivity contribution < 1.29 is 28.7 Å². The van der Waals surface area contributed by atoms with Gasteiger partial charge in [0, 0.05) is 13.0 Å². The van der Waals surface area contributed by atoms with Crippen molar-refractivity contribution in [1.29, 1.82) is 0 Å². The number of benzene rings is 3. The van der Waals surface area contributed by atoms with Crippen molar-refractivity contribution in [2.45, 2.75) is 24.5 Å². The van der Waals surface area contributed by atoms with Gasteiger partial charge in [0.15, 0.2) is 0 Å². The Morgan fingerprint density at radius 2 is 1.47 bits per heavy atom. The summed E-state index contributed by atoms with van der Waals surface area (Å²) in [5.74, 6) is -4.98. The Hall–Kier alpha value is -5.05. The van der Waals surface area contributed by atoms with Crippen LogP contribution in [-0.4, -0.2) is 76.1 Å². The molecule has 3 unspecified atom stereocenters. The zero-order valence-electron chi connectivity index (χ0n) is 23.7. The van der Waals surface area contributed by atoms with E-state index in [0.717, 1.165) is 21.6 Å². The van der Waals surface area contributed by atoms with Crippen molar-refractivity contribution in [3.63, 3.8) is 0 Å². The highest BCUT2D eigenvalue weighted by Crippen LogP contribution is 2.53. The Morgan fingerprint density at radius 3 is 2.09 bits per heavy atom. The molecule has 3 heterocycles. The third-order valence-electron chi connectivity index (χ3n) is 8.64. The lowest BCUT2D eigenvalue weighted by Gasteiger charge is -2.49. The largest absolute Gasteiger partial charge is 0.468 e. The third-order valence-corrected chi connectivity index (χ3v) is 8.64.